The second-order valence-electron chi connectivity index (χ2n) is 6.14. The summed E-state index contributed by atoms with van der Waals surface area (Å²) >= 11 is 0. The molecule has 0 aromatic carbocycles. The lowest BCUT2D eigenvalue weighted by atomic mass is 9.83. The number of carbonyl (C=O) groups is 2. The zero-order valence-electron chi connectivity index (χ0n) is 11.7. The third-order valence-corrected chi connectivity index (χ3v) is 4.63. The number of amides is 2. The van der Waals surface area contributed by atoms with E-state index in [1.807, 2.05) is 4.90 Å². The zero-order valence-corrected chi connectivity index (χ0v) is 11.7. The van der Waals surface area contributed by atoms with Crippen molar-refractivity contribution in [1.29, 1.82) is 0 Å². The number of carbonyl (C=O) groups excluding carboxylic acids is 2. The average Bonchev–Trinajstić information content (AvgIpc) is 2.38. The Bertz CT molecular complexity index is 359. The first kappa shape index (κ1) is 14.3. The van der Waals surface area contributed by atoms with Crippen molar-refractivity contribution in [1.82, 2.24) is 4.90 Å². The molecule has 1 saturated heterocycles. The van der Waals surface area contributed by atoms with E-state index >= 15 is 0 Å². The smallest absolute Gasteiger partial charge is 0.226 e. The molecule has 4 N–H and O–H groups in total. The van der Waals surface area contributed by atoms with E-state index in [1.165, 1.54) is 0 Å². The number of likely N-dealkylation sites (tertiary alicyclic amines) is 1. The van der Waals surface area contributed by atoms with Crippen LogP contribution in [0.25, 0.3) is 0 Å². The standard InChI is InChI=1S/C14H25N3O2/c1-9-5-6-11(13(16)18)8-17(9)14(19)10-3-2-4-12(15)7-10/h9-12H,2-8,15H2,1H3,(H2,16,18). The monoisotopic (exact) mass is 267 g/mol. The summed E-state index contributed by atoms with van der Waals surface area (Å²) in [6.45, 7) is 2.54. The third kappa shape index (κ3) is 3.26. The first-order chi connectivity index (χ1) is 8.99. The molecule has 1 aliphatic carbocycles. The van der Waals surface area contributed by atoms with E-state index in [9.17, 15) is 9.59 Å². The molecule has 2 rings (SSSR count). The maximum absolute atomic E-state index is 12.6. The van der Waals surface area contributed by atoms with Gasteiger partial charge in [0.25, 0.3) is 0 Å². The van der Waals surface area contributed by atoms with Gasteiger partial charge in [-0.15, -0.1) is 0 Å². The molecule has 1 heterocycles. The maximum atomic E-state index is 12.6. The highest BCUT2D eigenvalue weighted by atomic mass is 16.2. The van der Waals surface area contributed by atoms with Crippen LogP contribution in [0.5, 0.6) is 0 Å². The summed E-state index contributed by atoms with van der Waals surface area (Å²) in [5, 5.41) is 0. The maximum Gasteiger partial charge on any atom is 0.226 e. The summed E-state index contributed by atoms with van der Waals surface area (Å²) in [5.41, 5.74) is 11.3. The first-order valence-corrected chi connectivity index (χ1v) is 7.34. The average molecular weight is 267 g/mol. The van der Waals surface area contributed by atoms with Crippen LogP contribution in [0.4, 0.5) is 0 Å². The van der Waals surface area contributed by atoms with E-state index in [2.05, 4.69) is 6.92 Å². The molecule has 0 aromatic rings. The molecule has 2 aliphatic rings. The van der Waals surface area contributed by atoms with Gasteiger partial charge in [-0.3, -0.25) is 9.59 Å². The Balaban J connectivity index is 2.01. The van der Waals surface area contributed by atoms with Gasteiger partial charge in [-0.2, -0.15) is 0 Å². The molecule has 0 radical (unpaired) electrons. The largest absolute Gasteiger partial charge is 0.369 e. The molecule has 1 aliphatic heterocycles. The highest BCUT2D eigenvalue weighted by Crippen LogP contribution is 2.29. The lowest BCUT2D eigenvalue weighted by Crippen LogP contribution is -2.51. The van der Waals surface area contributed by atoms with Crippen molar-refractivity contribution >= 4 is 11.8 Å². The van der Waals surface area contributed by atoms with Crippen LogP contribution < -0.4 is 11.5 Å². The Morgan fingerprint density at radius 2 is 1.84 bits per heavy atom. The normalized spacial score (nSPS) is 36.0. The van der Waals surface area contributed by atoms with Gasteiger partial charge < -0.3 is 16.4 Å². The molecule has 2 fully saturated rings. The van der Waals surface area contributed by atoms with Crippen LogP contribution in [-0.2, 0) is 9.59 Å². The number of piperidine rings is 1. The van der Waals surface area contributed by atoms with Gasteiger partial charge in [0.2, 0.25) is 11.8 Å². The van der Waals surface area contributed by atoms with Crippen molar-refractivity contribution in [3.8, 4) is 0 Å². The molecular weight excluding hydrogens is 242 g/mol. The van der Waals surface area contributed by atoms with Gasteiger partial charge in [0.1, 0.15) is 0 Å². The quantitative estimate of drug-likeness (QED) is 0.768. The molecule has 2 amide bonds. The number of nitrogens with two attached hydrogens (primary N) is 2. The number of rotatable bonds is 2. The lowest BCUT2D eigenvalue weighted by Gasteiger charge is -2.40. The lowest BCUT2D eigenvalue weighted by molar-refractivity contribution is -0.142. The van der Waals surface area contributed by atoms with Gasteiger partial charge in [0, 0.05) is 24.5 Å². The fourth-order valence-corrected chi connectivity index (χ4v) is 3.33. The van der Waals surface area contributed by atoms with E-state index in [0.717, 1.165) is 38.5 Å². The molecule has 0 aromatic heterocycles. The predicted molar refractivity (Wildman–Crippen MR) is 73.0 cm³/mol. The van der Waals surface area contributed by atoms with E-state index in [4.69, 9.17) is 11.5 Å². The number of nitrogens with zero attached hydrogens (tertiary/aromatic N) is 1. The van der Waals surface area contributed by atoms with Crippen LogP contribution in [0.1, 0.15) is 45.4 Å². The second kappa shape index (κ2) is 5.90. The molecule has 5 heteroatoms. The Labute approximate surface area is 114 Å². The van der Waals surface area contributed by atoms with E-state index in [1.54, 1.807) is 0 Å². The number of primary amides is 1. The van der Waals surface area contributed by atoms with Gasteiger partial charge >= 0.3 is 0 Å². The van der Waals surface area contributed by atoms with Gasteiger partial charge in [0.15, 0.2) is 0 Å². The molecule has 19 heavy (non-hydrogen) atoms. The van der Waals surface area contributed by atoms with Crippen molar-refractivity contribution in [3.63, 3.8) is 0 Å². The van der Waals surface area contributed by atoms with Crippen molar-refractivity contribution in [2.24, 2.45) is 23.3 Å². The molecule has 1 saturated carbocycles. The Kier molecular flexibility index (Phi) is 4.45. The summed E-state index contributed by atoms with van der Waals surface area (Å²) < 4.78 is 0. The topological polar surface area (TPSA) is 89.4 Å². The molecule has 0 bridgehead atoms. The van der Waals surface area contributed by atoms with Gasteiger partial charge in [-0.1, -0.05) is 6.42 Å². The minimum Gasteiger partial charge on any atom is -0.369 e. The minimum absolute atomic E-state index is 0.0397. The van der Waals surface area contributed by atoms with Crippen LogP contribution in [0.15, 0.2) is 0 Å². The molecule has 108 valence electrons. The van der Waals surface area contributed by atoms with Gasteiger partial charge in [-0.25, -0.2) is 0 Å². The van der Waals surface area contributed by atoms with Gasteiger partial charge in [0.05, 0.1) is 5.92 Å². The minimum atomic E-state index is -0.287. The summed E-state index contributed by atoms with van der Waals surface area (Å²) in [6, 6.07) is 0.357. The fraction of sp³-hybridized carbons (Fsp3) is 0.857. The van der Waals surface area contributed by atoms with Crippen LogP contribution in [-0.4, -0.2) is 35.3 Å². The zero-order chi connectivity index (χ0) is 14.0. The van der Waals surface area contributed by atoms with Crippen LogP contribution >= 0.6 is 0 Å². The first-order valence-electron chi connectivity index (χ1n) is 7.34. The highest BCUT2D eigenvalue weighted by Gasteiger charge is 2.36. The molecule has 0 spiro atoms. The van der Waals surface area contributed by atoms with Crippen LogP contribution in [0.2, 0.25) is 0 Å². The number of hydrogen-bond acceptors (Lipinski definition) is 3. The van der Waals surface area contributed by atoms with Crippen molar-refractivity contribution in [2.45, 2.75) is 57.5 Å². The van der Waals surface area contributed by atoms with E-state index in [0.29, 0.717) is 6.54 Å². The van der Waals surface area contributed by atoms with Crippen molar-refractivity contribution in [3.05, 3.63) is 0 Å². The molecule has 4 unspecified atom stereocenters. The molecular formula is C14H25N3O2. The summed E-state index contributed by atoms with van der Waals surface area (Å²) in [5.74, 6) is -0.256. The van der Waals surface area contributed by atoms with Crippen LogP contribution in [0.3, 0.4) is 0 Å². The highest BCUT2D eigenvalue weighted by molar-refractivity contribution is 5.82. The Hall–Kier alpha value is -1.10. The Morgan fingerprint density at radius 3 is 2.47 bits per heavy atom. The summed E-state index contributed by atoms with van der Waals surface area (Å²) in [7, 11) is 0. The van der Waals surface area contributed by atoms with Crippen molar-refractivity contribution < 1.29 is 9.59 Å². The Morgan fingerprint density at radius 1 is 1.11 bits per heavy atom. The fourth-order valence-electron chi connectivity index (χ4n) is 3.33. The second-order valence-corrected chi connectivity index (χ2v) is 6.14. The van der Waals surface area contributed by atoms with E-state index in [-0.39, 0.29) is 35.7 Å². The molecule has 4 atom stereocenters. The SMILES string of the molecule is CC1CCC(C(N)=O)CN1C(=O)C1CCCC(N)C1. The third-order valence-electron chi connectivity index (χ3n) is 4.63. The van der Waals surface area contributed by atoms with Gasteiger partial charge in [-0.05, 0) is 39.0 Å². The number of hydrogen-bond donors (Lipinski definition) is 2. The predicted octanol–water partition coefficient (Wildman–Crippen LogP) is 0.616. The van der Waals surface area contributed by atoms with E-state index < -0.39 is 0 Å². The molecule has 5 nitrogen and oxygen atoms in total. The van der Waals surface area contributed by atoms with Crippen molar-refractivity contribution in [2.75, 3.05) is 6.54 Å². The summed E-state index contributed by atoms with van der Waals surface area (Å²) in [6.07, 6.45) is 5.41. The van der Waals surface area contributed by atoms with Crippen LogP contribution in [0, 0.1) is 11.8 Å². The summed E-state index contributed by atoms with van der Waals surface area (Å²) in [4.78, 5) is 25.8.